The Morgan fingerprint density at radius 1 is 1.59 bits per heavy atom. The van der Waals surface area contributed by atoms with Crippen LogP contribution >= 0.6 is 43.2 Å². The second kappa shape index (κ2) is 5.28. The van der Waals surface area contributed by atoms with Crippen molar-refractivity contribution in [2.45, 2.75) is 6.54 Å². The molecule has 2 aromatic rings. The number of nitrogens with one attached hydrogen (secondary N) is 1. The van der Waals surface area contributed by atoms with E-state index in [9.17, 15) is 4.79 Å². The highest BCUT2D eigenvalue weighted by Crippen LogP contribution is 2.32. The van der Waals surface area contributed by atoms with Gasteiger partial charge in [-0.05, 0) is 37.9 Å². The van der Waals surface area contributed by atoms with E-state index in [1.54, 1.807) is 24.1 Å². The quantitative estimate of drug-likeness (QED) is 0.890. The lowest BCUT2D eigenvalue weighted by Crippen LogP contribution is -2.22. The van der Waals surface area contributed by atoms with Gasteiger partial charge in [-0.2, -0.15) is 5.10 Å². The van der Waals surface area contributed by atoms with Gasteiger partial charge in [-0.1, -0.05) is 0 Å². The molecule has 2 aromatic heterocycles. The number of aryl methyl sites for hydroxylation is 1. The van der Waals surface area contributed by atoms with Crippen molar-refractivity contribution in [1.82, 2.24) is 20.1 Å². The van der Waals surface area contributed by atoms with Crippen molar-refractivity contribution >= 4 is 49.1 Å². The minimum Gasteiger partial charge on any atom is -0.344 e. The van der Waals surface area contributed by atoms with Crippen LogP contribution in [0, 0.1) is 0 Å². The van der Waals surface area contributed by atoms with Crippen LogP contribution in [0.3, 0.4) is 0 Å². The van der Waals surface area contributed by atoms with Crippen LogP contribution in [-0.4, -0.2) is 20.7 Å². The molecule has 0 saturated heterocycles. The smallest absolute Gasteiger partial charge is 0.261 e. The van der Waals surface area contributed by atoms with Crippen LogP contribution in [-0.2, 0) is 13.6 Å². The molecule has 5 nitrogen and oxygen atoms in total. The molecule has 0 aliphatic carbocycles. The Morgan fingerprint density at radius 3 is 2.88 bits per heavy atom. The molecule has 0 unspecified atom stereocenters. The molecular weight excluding hydrogens is 372 g/mol. The summed E-state index contributed by atoms with van der Waals surface area (Å²) < 4.78 is 3.38. The molecule has 0 aromatic carbocycles. The number of thiophene rings is 1. The van der Waals surface area contributed by atoms with Crippen LogP contribution in [0.15, 0.2) is 20.7 Å². The molecule has 1 N–H and O–H groups in total. The maximum absolute atomic E-state index is 11.8. The average Bonchev–Trinajstić information content (AvgIpc) is 2.83. The van der Waals surface area contributed by atoms with E-state index in [0.717, 1.165) is 8.26 Å². The van der Waals surface area contributed by atoms with Crippen LogP contribution in [0.5, 0.6) is 0 Å². The molecule has 2 rings (SSSR count). The summed E-state index contributed by atoms with van der Waals surface area (Å²) in [6, 6.07) is 1.77. The Balaban J connectivity index is 1.98. The van der Waals surface area contributed by atoms with Crippen molar-refractivity contribution < 1.29 is 4.79 Å². The summed E-state index contributed by atoms with van der Waals surface area (Å²) in [5.74, 6) is 0.462. The van der Waals surface area contributed by atoms with Gasteiger partial charge in [0.2, 0.25) is 0 Å². The van der Waals surface area contributed by atoms with Crippen molar-refractivity contribution in [2.75, 3.05) is 0 Å². The van der Waals surface area contributed by atoms with Crippen molar-refractivity contribution in [2.24, 2.45) is 7.05 Å². The monoisotopic (exact) mass is 378 g/mol. The third-order valence-electron chi connectivity index (χ3n) is 1.92. The number of halogens is 2. The Labute approximate surface area is 118 Å². The van der Waals surface area contributed by atoms with Crippen LogP contribution in [0.4, 0.5) is 0 Å². The van der Waals surface area contributed by atoms with E-state index in [-0.39, 0.29) is 5.91 Å². The van der Waals surface area contributed by atoms with E-state index < -0.39 is 0 Å². The standard InChI is InChI=1S/C9H8Br2N4OS/c1-15-4-13-7(14-15)3-12-9(16)6-2-5(10)8(11)17-6/h2,4H,3H2,1H3,(H,12,16). The summed E-state index contributed by atoms with van der Waals surface area (Å²) in [4.78, 5) is 16.5. The average molecular weight is 380 g/mol. The number of hydrogen-bond acceptors (Lipinski definition) is 4. The molecular formula is C9H8Br2N4OS. The zero-order valence-corrected chi connectivity index (χ0v) is 12.8. The van der Waals surface area contributed by atoms with Gasteiger partial charge < -0.3 is 5.32 Å². The Bertz CT molecular complexity index is 531. The molecule has 1 amide bonds. The second-order valence-corrected chi connectivity index (χ2v) is 6.47. The molecule has 0 aliphatic heterocycles. The van der Waals surface area contributed by atoms with Gasteiger partial charge in [-0.15, -0.1) is 11.3 Å². The van der Waals surface area contributed by atoms with Gasteiger partial charge in [0.15, 0.2) is 5.82 Å². The first-order valence-electron chi connectivity index (χ1n) is 4.64. The van der Waals surface area contributed by atoms with Gasteiger partial charge in [-0.3, -0.25) is 9.48 Å². The van der Waals surface area contributed by atoms with Crippen LogP contribution in [0.2, 0.25) is 0 Å². The summed E-state index contributed by atoms with van der Waals surface area (Å²) in [6.45, 7) is 0.326. The highest BCUT2D eigenvalue weighted by atomic mass is 79.9. The van der Waals surface area contributed by atoms with Crippen LogP contribution in [0.25, 0.3) is 0 Å². The summed E-state index contributed by atoms with van der Waals surface area (Å²) in [5.41, 5.74) is 0. The first-order chi connectivity index (χ1) is 8.06. The number of rotatable bonds is 3. The van der Waals surface area contributed by atoms with E-state index >= 15 is 0 Å². The lowest BCUT2D eigenvalue weighted by Gasteiger charge is -1.99. The van der Waals surface area contributed by atoms with E-state index in [1.807, 2.05) is 0 Å². The van der Waals surface area contributed by atoms with E-state index in [1.165, 1.54) is 11.3 Å². The van der Waals surface area contributed by atoms with Crippen molar-refractivity contribution in [3.8, 4) is 0 Å². The summed E-state index contributed by atoms with van der Waals surface area (Å²) in [5, 5.41) is 6.84. The molecule has 0 saturated carbocycles. The number of aromatic nitrogens is 3. The number of hydrogen-bond donors (Lipinski definition) is 1. The number of carbonyl (C=O) groups is 1. The normalized spacial score (nSPS) is 10.5. The van der Waals surface area contributed by atoms with Gasteiger partial charge >= 0.3 is 0 Å². The molecule has 0 bridgehead atoms. The van der Waals surface area contributed by atoms with E-state index in [2.05, 4.69) is 47.3 Å². The third-order valence-corrected chi connectivity index (χ3v) is 5.18. The summed E-state index contributed by atoms with van der Waals surface area (Å²) in [6.07, 6.45) is 1.60. The van der Waals surface area contributed by atoms with Gasteiger partial charge in [0, 0.05) is 11.5 Å². The maximum Gasteiger partial charge on any atom is 0.261 e. The number of amides is 1. The largest absolute Gasteiger partial charge is 0.344 e. The summed E-state index contributed by atoms with van der Waals surface area (Å²) >= 11 is 8.06. The van der Waals surface area contributed by atoms with E-state index in [4.69, 9.17) is 0 Å². The van der Waals surface area contributed by atoms with Gasteiger partial charge in [0.05, 0.1) is 15.2 Å². The molecule has 0 radical (unpaired) electrons. The fourth-order valence-electron chi connectivity index (χ4n) is 1.17. The van der Waals surface area contributed by atoms with Gasteiger partial charge in [-0.25, -0.2) is 4.98 Å². The van der Waals surface area contributed by atoms with Crippen LogP contribution in [0.1, 0.15) is 15.5 Å². The van der Waals surface area contributed by atoms with Gasteiger partial charge in [0.1, 0.15) is 6.33 Å². The lowest BCUT2D eigenvalue weighted by atomic mass is 10.4. The Hall–Kier alpha value is -0.730. The predicted molar refractivity (Wildman–Crippen MR) is 71.9 cm³/mol. The fourth-order valence-corrected chi connectivity index (χ4v) is 3.12. The minimum atomic E-state index is -0.131. The summed E-state index contributed by atoms with van der Waals surface area (Å²) in [7, 11) is 1.78. The third kappa shape index (κ3) is 3.14. The van der Waals surface area contributed by atoms with E-state index in [0.29, 0.717) is 17.2 Å². The van der Waals surface area contributed by atoms with Crippen molar-refractivity contribution in [3.05, 3.63) is 31.4 Å². The molecule has 17 heavy (non-hydrogen) atoms. The zero-order valence-electron chi connectivity index (χ0n) is 8.78. The molecule has 0 fully saturated rings. The van der Waals surface area contributed by atoms with Crippen LogP contribution < -0.4 is 5.32 Å². The first-order valence-corrected chi connectivity index (χ1v) is 7.04. The topological polar surface area (TPSA) is 59.8 Å². The lowest BCUT2D eigenvalue weighted by molar-refractivity contribution is 0.0954. The number of carbonyl (C=O) groups excluding carboxylic acids is 1. The van der Waals surface area contributed by atoms with Crippen molar-refractivity contribution in [1.29, 1.82) is 0 Å². The highest BCUT2D eigenvalue weighted by Gasteiger charge is 2.12. The fraction of sp³-hybridized carbons (Fsp3) is 0.222. The van der Waals surface area contributed by atoms with Gasteiger partial charge in [0.25, 0.3) is 5.91 Å². The molecule has 0 aliphatic rings. The SMILES string of the molecule is Cn1cnc(CNC(=O)c2cc(Br)c(Br)s2)n1. The second-order valence-electron chi connectivity index (χ2n) is 3.25. The maximum atomic E-state index is 11.8. The Kier molecular flexibility index (Phi) is 3.95. The van der Waals surface area contributed by atoms with Crippen molar-refractivity contribution in [3.63, 3.8) is 0 Å². The molecule has 0 spiro atoms. The zero-order chi connectivity index (χ0) is 12.4. The Morgan fingerprint density at radius 2 is 2.35 bits per heavy atom. The molecule has 2 heterocycles. The predicted octanol–water partition coefficient (Wildman–Crippen LogP) is 2.33. The minimum absolute atomic E-state index is 0.131. The molecule has 8 heteroatoms. The first kappa shape index (κ1) is 12.7. The molecule has 0 atom stereocenters. The highest BCUT2D eigenvalue weighted by molar-refractivity contribution is 9.13. The molecule has 90 valence electrons. The number of nitrogens with zero attached hydrogens (tertiary/aromatic N) is 3.